The molecule has 25 heavy (non-hydrogen) atoms. The molecule has 1 aliphatic rings. The Morgan fingerprint density at radius 2 is 2.00 bits per heavy atom. The minimum Gasteiger partial charge on any atom is -0.463 e. The number of primary sulfonamides is 1. The van der Waals surface area contributed by atoms with Crippen LogP contribution in [0.25, 0.3) is 0 Å². The number of urea groups is 1. The lowest BCUT2D eigenvalue weighted by atomic mass is 10.2. The van der Waals surface area contributed by atoms with Gasteiger partial charge in [-0.1, -0.05) is 0 Å². The molecule has 4 N–H and O–H groups in total. The highest BCUT2D eigenvalue weighted by Gasteiger charge is 2.25. The van der Waals surface area contributed by atoms with E-state index in [4.69, 9.17) is 19.0 Å². The number of hydrogen-bond donors (Lipinski definition) is 3. The van der Waals surface area contributed by atoms with Crippen molar-refractivity contribution in [2.75, 3.05) is 19.8 Å². The van der Waals surface area contributed by atoms with Crippen LogP contribution in [-0.2, 0) is 24.3 Å². The van der Waals surface area contributed by atoms with E-state index >= 15 is 0 Å². The lowest BCUT2D eigenvalue weighted by Gasteiger charge is -2.20. The summed E-state index contributed by atoms with van der Waals surface area (Å²) in [4.78, 5) is 35.1. The Bertz CT molecular complexity index is 839. The number of nitrogens with one attached hydrogen (secondary N) is 2. The molecule has 0 spiro atoms. The molecule has 12 heteroatoms. The molecule has 0 bridgehead atoms. The average molecular weight is 373 g/mol. The third-order valence-corrected chi connectivity index (χ3v) is 3.77. The van der Waals surface area contributed by atoms with Gasteiger partial charge in [0.1, 0.15) is 6.61 Å². The number of ether oxygens (including phenoxy) is 2. The summed E-state index contributed by atoms with van der Waals surface area (Å²) in [5.41, 5.74) is 0.146. The van der Waals surface area contributed by atoms with E-state index in [9.17, 15) is 22.8 Å². The Morgan fingerprint density at radius 3 is 2.60 bits per heavy atom. The predicted molar refractivity (Wildman–Crippen MR) is 80.6 cm³/mol. The van der Waals surface area contributed by atoms with E-state index in [1.807, 2.05) is 0 Å². The van der Waals surface area contributed by atoms with Crippen molar-refractivity contribution in [3.63, 3.8) is 0 Å². The zero-order valence-corrected chi connectivity index (χ0v) is 13.8. The van der Waals surface area contributed by atoms with Crippen LogP contribution in [-0.4, -0.2) is 46.1 Å². The SMILES string of the molecule is CCOC(=O)C1=C(COC(=O)c2ccc(S(N)(=O)=O)o2)NC(=O)NC1. The number of sulfonamides is 1. The normalized spacial score (nSPS) is 14.6. The molecule has 1 aliphatic heterocycles. The second kappa shape index (κ2) is 7.36. The molecule has 2 rings (SSSR count). The smallest absolute Gasteiger partial charge is 0.374 e. The molecule has 2 amide bonds. The topological polar surface area (TPSA) is 167 Å². The molecule has 1 aromatic heterocycles. The first-order valence-electron chi connectivity index (χ1n) is 6.96. The van der Waals surface area contributed by atoms with Crippen molar-refractivity contribution in [1.82, 2.24) is 10.6 Å². The minimum atomic E-state index is -4.09. The third kappa shape index (κ3) is 4.58. The van der Waals surface area contributed by atoms with Crippen LogP contribution < -0.4 is 15.8 Å². The molecule has 136 valence electrons. The van der Waals surface area contributed by atoms with Gasteiger partial charge >= 0.3 is 18.0 Å². The molecule has 0 saturated carbocycles. The van der Waals surface area contributed by atoms with Crippen LogP contribution in [0.3, 0.4) is 0 Å². The van der Waals surface area contributed by atoms with Gasteiger partial charge in [-0.2, -0.15) is 0 Å². The molecule has 0 atom stereocenters. The van der Waals surface area contributed by atoms with Gasteiger partial charge in [0, 0.05) is 0 Å². The lowest BCUT2D eigenvalue weighted by molar-refractivity contribution is -0.138. The van der Waals surface area contributed by atoms with Gasteiger partial charge in [-0.3, -0.25) is 0 Å². The summed E-state index contributed by atoms with van der Waals surface area (Å²) in [6.45, 7) is 1.21. The number of hydrogen-bond acceptors (Lipinski definition) is 8. The average Bonchev–Trinajstić information content (AvgIpc) is 3.03. The van der Waals surface area contributed by atoms with E-state index in [1.54, 1.807) is 6.92 Å². The first-order chi connectivity index (χ1) is 11.7. The number of esters is 2. The van der Waals surface area contributed by atoms with Crippen LogP contribution in [0.15, 0.2) is 32.9 Å². The summed E-state index contributed by atoms with van der Waals surface area (Å²) < 4.78 is 36.8. The molecule has 0 aromatic carbocycles. The summed E-state index contributed by atoms with van der Waals surface area (Å²) in [5.74, 6) is -2.07. The number of nitrogens with two attached hydrogens (primary N) is 1. The van der Waals surface area contributed by atoms with Gasteiger partial charge < -0.3 is 24.5 Å². The van der Waals surface area contributed by atoms with Crippen molar-refractivity contribution >= 4 is 28.0 Å². The van der Waals surface area contributed by atoms with E-state index in [0.717, 1.165) is 12.1 Å². The zero-order valence-electron chi connectivity index (χ0n) is 13.0. The van der Waals surface area contributed by atoms with Crippen molar-refractivity contribution in [1.29, 1.82) is 0 Å². The Kier molecular flexibility index (Phi) is 5.44. The van der Waals surface area contributed by atoms with Crippen molar-refractivity contribution in [2.45, 2.75) is 12.0 Å². The van der Waals surface area contributed by atoms with Crippen LogP contribution in [0.2, 0.25) is 0 Å². The van der Waals surface area contributed by atoms with Crippen molar-refractivity contribution in [3.05, 3.63) is 29.2 Å². The summed E-state index contributed by atoms with van der Waals surface area (Å²) >= 11 is 0. The van der Waals surface area contributed by atoms with Crippen LogP contribution in [0.1, 0.15) is 17.5 Å². The molecule has 0 aliphatic carbocycles. The predicted octanol–water partition coefficient (Wildman–Crippen LogP) is -0.786. The Labute approximate surface area is 142 Å². The number of carbonyl (C=O) groups is 3. The summed E-state index contributed by atoms with van der Waals surface area (Å²) in [6.07, 6.45) is 0. The monoisotopic (exact) mass is 373 g/mol. The van der Waals surface area contributed by atoms with Gasteiger partial charge in [0.2, 0.25) is 10.9 Å². The van der Waals surface area contributed by atoms with Crippen molar-refractivity contribution in [3.8, 4) is 0 Å². The molecule has 1 aromatic rings. The molecule has 2 heterocycles. The van der Waals surface area contributed by atoms with Gasteiger partial charge in [0.25, 0.3) is 10.0 Å². The maximum Gasteiger partial charge on any atom is 0.374 e. The van der Waals surface area contributed by atoms with Crippen molar-refractivity contribution in [2.24, 2.45) is 5.14 Å². The molecule has 0 unspecified atom stereocenters. The Balaban J connectivity index is 2.11. The first kappa shape index (κ1) is 18.5. The highest BCUT2D eigenvalue weighted by molar-refractivity contribution is 7.89. The molecular weight excluding hydrogens is 358 g/mol. The fourth-order valence-electron chi connectivity index (χ4n) is 1.86. The maximum absolute atomic E-state index is 11.9. The van der Waals surface area contributed by atoms with Gasteiger partial charge in [-0.25, -0.2) is 27.9 Å². The second-order valence-corrected chi connectivity index (χ2v) is 6.22. The van der Waals surface area contributed by atoms with Crippen molar-refractivity contribution < 1.29 is 36.7 Å². The van der Waals surface area contributed by atoms with E-state index in [0.29, 0.717) is 0 Å². The zero-order chi connectivity index (χ0) is 18.6. The fourth-order valence-corrected chi connectivity index (χ4v) is 2.32. The number of carbonyl (C=O) groups excluding carboxylic acids is 3. The van der Waals surface area contributed by atoms with Crippen LogP contribution in [0.4, 0.5) is 4.79 Å². The lowest BCUT2D eigenvalue weighted by Crippen LogP contribution is -2.45. The van der Waals surface area contributed by atoms with E-state index < -0.39 is 45.5 Å². The highest BCUT2D eigenvalue weighted by Crippen LogP contribution is 2.14. The fraction of sp³-hybridized carbons (Fsp3) is 0.308. The number of furan rings is 1. The summed E-state index contributed by atoms with van der Waals surface area (Å²) in [7, 11) is -4.09. The largest absolute Gasteiger partial charge is 0.463 e. The Morgan fingerprint density at radius 1 is 1.28 bits per heavy atom. The molecule has 11 nitrogen and oxygen atoms in total. The number of amides is 2. The van der Waals surface area contributed by atoms with Gasteiger partial charge in [0.05, 0.1) is 24.4 Å². The minimum absolute atomic E-state index is 0.0498. The van der Waals surface area contributed by atoms with E-state index in [-0.39, 0.29) is 24.4 Å². The molecular formula is C13H15N3O8S. The second-order valence-electron chi connectivity index (χ2n) is 4.73. The van der Waals surface area contributed by atoms with Gasteiger partial charge in [0.15, 0.2) is 0 Å². The maximum atomic E-state index is 11.9. The van der Waals surface area contributed by atoms with E-state index in [1.165, 1.54) is 0 Å². The van der Waals surface area contributed by atoms with Gasteiger partial charge in [-0.15, -0.1) is 0 Å². The quantitative estimate of drug-likeness (QED) is 0.545. The van der Waals surface area contributed by atoms with Gasteiger partial charge in [-0.05, 0) is 19.1 Å². The number of rotatable bonds is 6. The highest BCUT2D eigenvalue weighted by atomic mass is 32.2. The summed E-state index contributed by atoms with van der Waals surface area (Å²) in [6, 6.07) is 1.50. The third-order valence-electron chi connectivity index (χ3n) is 2.99. The Hall–Kier alpha value is -2.86. The van der Waals surface area contributed by atoms with Crippen LogP contribution in [0, 0.1) is 0 Å². The van der Waals surface area contributed by atoms with Crippen LogP contribution in [0.5, 0.6) is 0 Å². The van der Waals surface area contributed by atoms with E-state index in [2.05, 4.69) is 10.6 Å². The first-order valence-corrected chi connectivity index (χ1v) is 8.50. The molecule has 0 radical (unpaired) electrons. The molecule has 0 saturated heterocycles. The molecule has 0 fully saturated rings. The standard InChI is InChI=1S/C13H15N3O8S/c1-2-22-11(17)7-5-15-13(19)16-8(7)6-23-12(18)9-3-4-10(24-9)25(14,20)21/h3-4H,2,5-6H2,1H3,(H2,14,20,21)(H2,15,16,19). The van der Waals surface area contributed by atoms with Crippen LogP contribution >= 0.6 is 0 Å². The summed E-state index contributed by atoms with van der Waals surface area (Å²) in [5, 5.41) is 9.01.